The highest BCUT2D eigenvalue weighted by molar-refractivity contribution is 8.00. The SMILES string of the molecule is Cc1ccccc1-n1nc(C(C)(C)C)c2c1N(CC(=O)NCc1ccccn1)C(=O)CSC2c1cccc(Cl)c1. The van der Waals surface area contributed by atoms with E-state index in [2.05, 4.69) is 31.1 Å². The lowest BCUT2D eigenvalue weighted by Crippen LogP contribution is -2.42. The molecule has 0 saturated heterocycles. The summed E-state index contributed by atoms with van der Waals surface area (Å²) in [5.74, 6) is 0.397. The van der Waals surface area contributed by atoms with Crippen molar-refractivity contribution < 1.29 is 9.59 Å². The van der Waals surface area contributed by atoms with Crippen molar-refractivity contribution in [1.82, 2.24) is 20.1 Å². The van der Waals surface area contributed by atoms with Gasteiger partial charge in [-0.15, -0.1) is 11.8 Å². The van der Waals surface area contributed by atoms with Crippen LogP contribution in [0.4, 0.5) is 5.82 Å². The molecule has 2 amide bonds. The molecule has 0 spiro atoms. The molecule has 2 aromatic heterocycles. The molecule has 7 nitrogen and oxygen atoms in total. The number of benzene rings is 2. The number of nitrogens with one attached hydrogen (secondary N) is 1. The van der Waals surface area contributed by atoms with E-state index in [1.165, 1.54) is 11.8 Å². The summed E-state index contributed by atoms with van der Waals surface area (Å²) in [5.41, 5.74) is 5.06. The summed E-state index contributed by atoms with van der Waals surface area (Å²) >= 11 is 7.97. The molecule has 9 heteroatoms. The topological polar surface area (TPSA) is 80.1 Å². The lowest BCUT2D eigenvalue weighted by Gasteiger charge is -2.25. The number of nitrogens with zero attached hydrogens (tertiary/aromatic N) is 4. The van der Waals surface area contributed by atoms with Crippen molar-refractivity contribution in [3.63, 3.8) is 0 Å². The zero-order chi connectivity index (χ0) is 28.4. The first-order valence-corrected chi connectivity index (χ1v) is 14.6. The maximum absolute atomic E-state index is 13.8. The minimum absolute atomic E-state index is 0.136. The molecule has 3 heterocycles. The first-order chi connectivity index (χ1) is 19.1. The Morgan fingerprint density at radius 2 is 1.88 bits per heavy atom. The summed E-state index contributed by atoms with van der Waals surface area (Å²) < 4.78 is 1.85. The van der Waals surface area contributed by atoms with Crippen LogP contribution in [-0.4, -0.2) is 38.9 Å². The highest BCUT2D eigenvalue weighted by atomic mass is 35.5. The summed E-state index contributed by atoms with van der Waals surface area (Å²) in [6, 6.07) is 21.3. The number of thioether (sulfide) groups is 1. The van der Waals surface area contributed by atoms with Gasteiger partial charge in [-0.25, -0.2) is 4.68 Å². The number of halogens is 1. The fraction of sp³-hybridized carbons (Fsp3) is 0.290. The van der Waals surface area contributed by atoms with Crippen molar-refractivity contribution in [3.8, 4) is 5.69 Å². The van der Waals surface area contributed by atoms with Crippen molar-refractivity contribution in [2.45, 2.75) is 44.9 Å². The third kappa shape index (κ3) is 5.78. The number of carbonyl (C=O) groups is 2. The maximum Gasteiger partial charge on any atom is 0.240 e. The van der Waals surface area contributed by atoms with Gasteiger partial charge in [0.25, 0.3) is 0 Å². The number of hydrogen-bond acceptors (Lipinski definition) is 5. The average Bonchev–Trinajstić information content (AvgIpc) is 3.26. The Kier molecular flexibility index (Phi) is 8.01. The molecule has 206 valence electrons. The number of hydrogen-bond donors (Lipinski definition) is 1. The monoisotopic (exact) mass is 573 g/mol. The number of pyridine rings is 1. The number of aryl methyl sites for hydroxylation is 1. The van der Waals surface area contributed by atoms with Gasteiger partial charge in [-0.05, 0) is 48.4 Å². The number of amides is 2. The number of anilines is 1. The smallest absolute Gasteiger partial charge is 0.240 e. The molecule has 0 bridgehead atoms. The molecule has 4 aromatic rings. The molecule has 0 fully saturated rings. The predicted molar refractivity (Wildman–Crippen MR) is 161 cm³/mol. The predicted octanol–water partition coefficient (Wildman–Crippen LogP) is 6.01. The van der Waals surface area contributed by atoms with Crippen LogP contribution < -0.4 is 10.2 Å². The zero-order valence-corrected chi connectivity index (χ0v) is 24.6. The Balaban J connectivity index is 1.67. The molecule has 40 heavy (non-hydrogen) atoms. The van der Waals surface area contributed by atoms with Crippen molar-refractivity contribution in [1.29, 1.82) is 0 Å². The summed E-state index contributed by atoms with van der Waals surface area (Å²) in [7, 11) is 0. The van der Waals surface area contributed by atoms with Crippen LogP contribution in [0.3, 0.4) is 0 Å². The van der Waals surface area contributed by atoms with Gasteiger partial charge in [-0.3, -0.25) is 19.5 Å². The van der Waals surface area contributed by atoms with E-state index in [0.717, 1.165) is 33.8 Å². The third-order valence-electron chi connectivity index (χ3n) is 6.79. The van der Waals surface area contributed by atoms with Crippen LogP contribution in [-0.2, 0) is 21.5 Å². The fourth-order valence-corrected chi connectivity index (χ4v) is 6.25. The molecule has 1 unspecified atom stereocenters. The molecular weight excluding hydrogens is 542 g/mol. The van der Waals surface area contributed by atoms with Crippen molar-refractivity contribution >= 4 is 41.0 Å². The number of para-hydroxylation sites is 1. The van der Waals surface area contributed by atoms with E-state index in [-0.39, 0.29) is 41.3 Å². The number of rotatable bonds is 6. The third-order valence-corrected chi connectivity index (χ3v) is 8.28. The highest BCUT2D eigenvalue weighted by Crippen LogP contribution is 2.48. The van der Waals surface area contributed by atoms with Gasteiger partial charge in [-0.1, -0.05) is 68.8 Å². The van der Waals surface area contributed by atoms with Gasteiger partial charge in [-0.2, -0.15) is 5.10 Å². The second-order valence-corrected chi connectivity index (χ2v) is 12.4. The van der Waals surface area contributed by atoms with Crippen molar-refractivity contribution in [2.24, 2.45) is 0 Å². The van der Waals surface area contributed by atoms with E-state index in [1.807, 2.05) is 78.3 Å². The van der Waals surface area contributed by atoms with E-state index in [4.69, 9.17) is 16.7 Å². The Labute approximate surface area is 243 Å². The van der Waals surface area contributed by atoms with Gasteiger partial charge in [0.1, 0.15) is 12.4 Å². The van der Waals surface area contributed by atoms with E-state index < -0.39 is 0 Å². The molecule has 0 aliphatic carbocycles. The number of aromatic nitrogens is 3. The van der Waals surface area contributed by atoms with Crippen LogP contribution in [0.1, 0.15) is 54.1 Å². The Morgan fingerprint density at radius 3 is 2.58 bits per heavy atom. The minimum atomic E-state index is -0.338. The zero-order valence-electron chi connectivity index (χ0n) is 23.0. The number of fused-ring (bicyclic) bond motifs is 1. The van der Waals surface area contributed by atoms with Crippen LogP contribution in [0.2, 0.25) is 5.02 Å². The maximum atomic E-state index is 13.8. The van der Waals surface area contributed by atoms with Crippen LogP contribution in [0, 0.1) is 6.92 Å². The Bertz CT molecular complexity index is 1550. The van der Waals surface area contributed by atoms with Gasteiger partial charge in [0.2, 0.25) is 11.8 Å². The van der Waals surface area contributed by atoms with Crippen molar-refractivity contribution in [2.75, 3.05) is 17.2 Å². The summed E-state index contributed by atoms with van der Waals surface area (Å²) in [6.07, 6.45) is 1.69. The van der Waals surface area contributed by atoms with Gasteiger partial charge in [0.15, 0.2) is 0 Å². The first-order valence-electron chi connectivity index (χ1n) is 13.2. The van der Waals surface area contributed by atoms with Gasteiger partial charge in [0, 0.05) is 22.2 Å². The molecule has 1 aliphatic rings. The Hall–Kier alpha value is -3.62. The molecule has 1 N–H and O–H groups in total. The molecule has 1 aliphatic heterocycles. The summed E-state index contributed by atoms with van der Waals surface area (Å²) in [4.78, 5) is 33.0. The summed E-state index contributed by atoms with van der Waals surface area (Å²) in [5, 5.41) is 8.51. The van der Waals surface area contributed by atoms with Crippen LogP contribution in [0.5, 0.6) is 0 Å². The lowest BCUT2D eigenvalue weighted by atomic mass is 9.87. The van der Waals surface area contributed by atoms with Crippen LogP contribution in [0.15, 0.2) is 72.9 Å². The fourth-order valence-electron chi connectivity index (χ4n) is 4.87. The largest absolute Gasteiger partial charge is 0.349 e. The van der Waals surface area contributed by atoms with E-state index in [0.29, 0.717) is 10.8 Å². The quantitative estimate of drug-likeness (QED) is 0.305. The normalized spacial score (nSPS) is 15.5. The van der Waals surface area contributed by atoms with Crippen LogP contribution in [0.25, 0.3) is 5.69 Å². The molecular formula is C31H32ClN5O2S. The second kappa shape index (κ2) is 11.5. The lowest BCUT2D eigenvalue weighted by molar-refractivity contribution is -0.123. The van der Waals surface area contributed by atoms with E-state index >= 15 is 0 Å². The number of carbonyl (C=O) groups excluding carboxylic acids is 2. The van der Waals surface area contributed by atoms with E-state index in [1.54, 1.807) is 11.1 Å². The molecule has 0 radical (unpaired) electrons. The summed E-state index contributed by atoms with van der Waals surface area (Å²) in [6.45, 7) is 8.52. The highest BCUT2D eigenvalue weighted by Gasteiger charge is 2.40. The van der Waals surface area contributed by atoms with Gasteiger partial charge >= 0.3 is 0 Å². The van der Waals surface area contributed by atoms with Crippen molar-refractivity contribution in [3.05, 3.63) is 106 Å². The Morgan fingerprint density at radius 1 is 1.10 bits per heavy atom. The molecule has 1 atom stereocenters. The van der Waals surface area contributed by atoms with E-state index in [9.17, 15) is 9.59 Å². The molecule has 0 saturated carbocycles. The second-order valence-electron chi connectivity index (χ2n) is 10.9. The van der Waals surface area contributed by atoms with Crippen LogP contribution >= 0.6 is 23.4 Å². The molecule has 2 aromatic carbocycles. The average molecular weight is 574 g/mol. The van der Waals surface area contributed by atoms with Gasteiger partial charge in [0.05, 0.1) is 34.6 Å². The molecule has 5 rings (SSSR count). The standard InChI is InChI=1S/C31H32ClN5O2S/c1-20-10-5-6-14-24(20)37-30-27(29(35-37)31(2,3)4)28(21-11-9-12-22(32)16-21)40-19-26(39)36(30)18-25(38)34-17-23-13-7-8-15-33-23/h5-16,28H,17-19H2,1-4H3,(H,34,38). The van der Waals surface area contributed by atoms with Gasteiger partial charge < -0.3 is 5.32 Å². The minimum Gasteiger partial charge on any atom is -0.349 e. The first kappa shape index (κ1) is 27.9.